The van der Waals surface area contributed by atoms with Crippen molar-refractivity contribution in [2.75, 3.05) is 31.2 Å². The molecule has 0 unspecified atom stereocenters. The Labute approximate surface area is 110 Å². The van der Waals surface area contributed by atoms with Crippen LogP contribution in [0, 0.1) is 0 Å². The molecule has 0 atom stereocenters. The van der Waals surface area contributed by atoms with Gasteiger partial charge in [0.05, 0.1) is 13.2 Å². The highest BCUT2D eigenvalue weighted by molar-refractivity contribution is 5.53. The molecule has 0 aromatic heterocycles. The van der Waals surface area contributed by atoms with Gasteiger partial charge >= 0.3 is 0 Å². The van der Waals surface area contributed by atoms with Gasteiger partial charge < -0.3 is 15.0 Å². The molecule has 0 spiro atoms. The maximum atomic E-state index is 5.42. The monoisotopic (exact) mass is 248 g/mol. The standard InChI is InChI=1S/C15H24N2O/c1-15(2,3)16-12-13-6-4-5-7-14(13)17-8-10-18-11-9-17/h4-7,16H,8-12H2,1-3H3. The van der Waals surface area contributed by atoms with Crippen LogP contribution in [0.25, 0.3) is 0 Å². The van der Waals surface area contributed by atoms with E-state index >= 15 is 0 Å². The summed E-state index contributed by atoms with van der Waals surface area (Å²) in [5.41, 5.74) is 2.87. The SMILES string of the molecule is CC(C)(C)NCc1ccccc1N1CCOCC1. The molecule has 1 aromatic carbocycles. The van der Waals surface area contributed by atoms with E-state index in [1.54, 1.807) is 0 Å². The number of benzene rings is 1. The third-order valence-electron chi connectivity index (χ3n) is 3.15. The van der Waals surface area contributed by atoms with E-state index in [0.29, 0.717) is 0 Å². The van der Waals surface area contributed by atoms with Crippen molar-refractivity contribution in [2.24, 2.45) is 0 Å². The van der Waals surface area contributed by atoms with E-state index in [9.17, 15) is 0 Å². The van der Waals surface area contributed by atoms with Crippen molar-refractivity contribution in [3.63, 3.8) is 0 Å². The van der Waals surface area contributed by atoms with Crippen LogP contribution in [0.2, 0.25) is 0 Å². The molecule has 1 heterocycles. The molecule has 1 saturated heterocycles. The van der Waals surface area contributed by atoms with Gasteiger partial charge in [0.25, 0.3) is 0 Å². The Morgan fingerprint density at radius 1 is 1.17 bits per heavy atom. The van der Waals surface area contributed by atoms with Gasteiger partial charge in [0, 0.05) is 30.9 Å². The number of nitrogens with one attached hydrogen (secondary N) is 1. The molecule has 0 amide bonds. The van der Waals surface area contributed by atoms with Crippen molar-refractivity contribution >= 4 is 5.69 Å². The third-order valence-corrected chi connectivity index (χ3v) is 3.15. The number of rotatable bonds is 3. The van der Waals surface area contributed by atoms with Gasteiger partial charge in [-0.1, -0.05) is 18.2 Å². The van der Waals surface area contributed by atoms with Crippen LogP contribution in [0.3, 0.4) is 0 Å². The fourth-order valence-corrected chi connectivity index (χ4v) is 2.13. The van der Waals surface area contributed by atoms with Crippen molar-refractivity contribution in [1.82, 2.24) is 5.32 Å². The number of anilines is 1. The molecule has 0 saturated carbocycles. The first kappa shape index (κ1) is 13.4. The van der Waals surface area contributed by atoms with Gasteiger partial charge in [0.15, 0.2) is 0 Å². The minimum Gasteiger partial charge on any atom is -0.378 e. The zero-order valence-electron chi connectivity index (χ0n) is 11.7. The van der Waals surface area contributed by atoms with Crippen LogP contribution in [0.4, 0.5) is 5.69 Å². The number of hydrogen-bond acceptors (Lipinski definition) is 3. The summed E-state index contributed by atoms with van der Waals surface area (Å²) in [6, 6.07) is 8.66. The molecule has 1 aliphatic heterocycles. The molecule has 0 bridgehead atoms. The van der Waals surface area contributed by atoms with Crippen molar-refractivity contribution < 1.29 is 4.74 Å². The van der Waals surface area contributed by atoms with Gasteiger partial charge in [-0.25, -0.2) is 0 Å². The third kappa shape index (κ3) is 3.72. The number of hydrogen-bond donors (Lipinski definition) is 1. The van der Waals surface area contributed by atoms with Gasteiger partial charge in [-0.2, -0.15) is 0 Å². The van der Waals surface area contributed by atoms with Crippen molar-refractivity contribution in [3.05, 3.63) is 29.8 Å². The summed E-state index contributed by atoms with van der Waals surface area (Å²) in [6.45, 7) is 11.2. The van der Waals surface area contributed by atoms with Crippen molar-refractivity contribution in [2.45, 2.75) is 32.9 Å². The molecule has 2 rings (SSSR count). The summed E-state index contributed by atoms with van der Waals surface area (Å²) in [5.74, 6) is 0. The molecule has 100 valence electrons. The number of para-hydroxylation sites is 1. The number of nitrogens with zero attached hydrogens (tertiary/aromatic N) is 1. The van der Waals surface area contributed by atoms with Crippen LogP contribution in [-0.2, 0) is 11.3 Å². The Balaban J connectivity index is 2.09. The van der Waals surface area contributed by atoms with Gasteiger partial charge in [-0.3, -0.25) is 0 Å². The molecule has 0 aliphatic carbocycles. The average Bonchev–Trinajstić information content (AvgIpc) is 2.37. The van der Waals surface area contributed by atoms with E-state index in [0.717, 1.165) is 32.8 Å². The van der Waals surface area contributed by atoms with Crippen molar-refractivity contribution in [1.29, 1.82) is 0 Å². The van der Waals surface area contributed by atoms with Gasteiger partial charge in [-0.05, 0) is 32.4 Å². The quantitative estimate of drug-likeness (QED) is 0.889. The van der Waals surface area contributed by atoms with E-state index in [1.165, 1.54) is 11.3 Å². The maximum Gasteiger partial charge on any atom is 0.0642 e. The maximum absolute atomic E-state index is 5.42. The lowest BCUT2D eigenvalue weighted by atomic mass is 10.1. The second-order valence-corrected chi connectivity index (χ2v) is 5.83. The van der Waals surface area contributed by atoms with Crippen molar-refractivity contribution in [3.8, 4) is 0 Å². The molecule has 1 fully saturated rings. The Morgan fingerprint density at radius 3 is 2.50 bits per heavy atom. The largest absolute Gasteiger partial charge is 0.378 e. The lowest BCUT2D eigenvalue weighted by molar-refractivity contribution is 0.122. The van der Waals surface area contributed by atoms with Crippen LogP contribution in [0.1, 0.15) is 26.3 Å². The summed E-state index contributed by atoms with van der Waals surface area (Å²) in [7, 11) is 0. The fraction of sp³-hybridized carbons (Fsp3) is 0.600. The first-order valence-electron chi connectivity index (χ1n) is 6.72. The van der Waals surface area contributed by atoms with Crippen LogP contribution >= 0.6 is 0 Å². The Bertz CT molecular complexity index is 378. The first-order valence-corrected chi connectivity index (χ1v) is 6.72. The molecule has 3 heteroatoms. The Hall–Kier alpha value is -1.06. The highest BCUT2D eigenvalue weighted by Gasteiger charge is 2.15. The molecule has 3 nitrogen and oxygen atoms in total. The smallest absolute Gasteiger partial charge is 0.0642 e. The second kappa shape index (κ2) is 5.72. The van der Waals surface area contributed by atoms with Crippen LogP contribution in [0.5, 0.6) is 0 Å². The number of ether oxygens (including phenoxy) is 1. The van der Waals surface area contributed by atoms with Crippen LogP contribution in [0.15, 0.2) is 24.3 Å². The summed E-state index contributed by atoms with van der Waals surface area (Å²) < 4.78 is 5.42. The van der Waals surface area contributed by atoms with Gasteiger partial charge in [-0.15, -0.1) is 0 Å². The molecule has 1 N–H and O–H groups in total. The molecule has 18 heavy (non-hydrogen) atoms. The van der Waals surface area contributed by atoms with Crippen LogP contribution < -0.4 is 10.2 Å². The molecule has 0 radical (unpaired) electrons. The van der Waals surface area contributed by atoms with E-state index in [4.69, 9.17) is 4.74 Å². The lowest BCUT2D eigenvalue weighted by Gasteiger charge is -2.31. The Morgan fingerprint density at radius 2 is 1.83 bits per heavy atom. The lowest BCUT2D eigenvalue weighted by Crippen LogP contribution is -2.38. The zero-order valence-corrected chi connectivity index (χ0v) is 11.7. The first-order chi connectivity index (χ1) is 8.56. The molecular formula is C15H24N2O. The van der Waals surface area contributed by atoms with Crippen LogP contribution in [-0.4, -0.2) is 31.8 Å². The summed E-state index contributed by atoms with van der Waals surface area (Å²) in [5, 5.41) is 3.56. The molecular weight excluding hydrogens is 224 g/mol. The molecule has 1 aliphatic rings. The predicted octanol–water partition coefficient (Wildman–Crippen LogP) is 2.41. The zero-order chi connectivity index (χ0) is 13.0. The topological polar surface area (TPSA) is 24.5 Å². The van der Waals surface area contributed by atoms with E-state index in [1.807, 2.05) is 0 Å². The second-order valence-electron chi connectivity index (χ2n) is 5.83. The van der Waals surface area contributed by atoms with E-state index < -0.39 is 0 Å². The number of morpholine rings is 1. The summed E-state index contributed by atoms with van der Waals surface area (Å²) in [4.78, 5) is 2.42. The summed E-state index contributed by atoms with van der Waals surface area (Å²) in [6.07, 6.45) is 0. The average molecular weight is 248 g/mol. The van der Waals surface area contributed by atoms with E-state index in [-0.39, 0.29) is 5.54 Å². The minimum atomic E-state index is 0.151. The van der Waals surface area contributed by atoms with E-state index in [2.05, 4.69) is 55.3 Å². The fourth-order valence-electron chi connectivity index (χ4n) is 2.13. The van der Waals surface area contributed by atoms with Gasteiger partial charge in [0.1, 0.15) is 0 Å². The summed E-state index contributed by atoms with van der Waals surface area (Å²) >= 11 is 0. The normalized spacial score (nSPS) is 16.9. The highest BCUT2D eigenvalue weighted by Crippen LogP contribution is 2.21. The molecule has 1 aromatic rings. The minimum absolute atomic E-state index is 0.151. The predicted molar refractivity (Wildman–Crippen MR) is 76.1 cm³/mol. The Kier molecular flexibility index (Phi) is 4.25. The van der Waals surface area contributed by atoms with Gasteiger partial charge in [0.2, 0.25) is 0 Å². The highest BCUT2D eigenvalue weighted by atomic mass is 16.5.